The van der Waals surface area contributed by atoms with Crippen molar-refractivity contribution in [3.05, 3.63) is 35.4 Å². The van der Waals surface area contributed by atoms with Gasteiger partial charge >= 0.3 is 0 Å². The van der Waals surface area contributed by atoms with Crippen LogP contribution in [-0.4, -0.2) is 11.8 Å². The summed E-state index contributed by atoms with van der Waals surface area (Å²) in [5.41, 5.74) is 6.08. The highest BCUT2D eigenvalue weighted by Gasteiger charge is 2.23. The molecular formula is C14H19F2NO. The van der Waals surface area contributed by atoms with E-state index in [0.29, 0.717) is 5.56 Å². The van der Waals surface area contributed by atoms with Crippen LogP contribution in [0.25, 0.3) is 0 Å². The van der Waals surface area contributed by atoms with Crippen molar-refractivity contribution in [2.75, 3.05) is 0 Å². The van der Waals surface area contributed by atoms with Gasteiger partial charge in [0.2, 0.25) is 0 Å². The zero-order chi connectivity index (χ0) is 13.9. The van der Waals surface area contributed by atoms with Crippen molar-refractivity contribution in [3.63, 3.8) is 0 Å². The predicted octanol–water partition coefficient (Wildman–Crippen LogP) is 2.84. The molecule has 1 unspecified atom stereocenters. The van der Waals surface area contributed by atoms with Gasteiger partial charge in [0.15, 0.2) is 0 Å². The van der Waals surface area contributed by atoms with Crippen molar-refractivity contribution in [1.82, 2.24) is 0 Å². The monoisotopic (exact) mass is 255 g/mol. The van der Waals surface area contributed by atoms with E-state index in [1.54, 1.807) is 0 Å². The highest BCUT2D eigenvalue weighted by atomic mass is 19.1. The van der Waals surface area contributed by atoms with Crippen LogP contribution in [0.2, 0.25) is 0 Å². The first-order chi connectivity index (χ1) is 8.18. The average Bonchev–Trinajstić information content (AvgIpc) is 2.13. The molecular weight excluding hydrogens is 236 g/mol. The molecule has 2 nitrogen and oxygen atoms in total. The van der Waals surface area contributed by atoms with E-state index in [1.807, 2.05) is 20.8 Å². The molecule has 1 rings (SSSR count). The summed E-state index contributed by atoms with van der Waals surface area (Å²) in [5, 5.41) is 0. The molecule has 0 heterocycles. The Morgan fingerprint density at radius 1 is 1.22 bits per heavy atom. The topological polar surface area (TPSA) is 43.1 Å². The van der Waals surface area contributed by atoms with E-state index in [0.717, 1.165) is 6.07 Å². The van der Waals surface area contributed by atoms with Crippen molar-refractivity contribution >= 4 is 5.78 Å². The maximum atomic E-state index is 13.0. The molecule has 0 fully saturated rings. The summed E-state index contributed by atoms with van der Waals surface area (Å²) in [6.07, 6.45) is 0.222. The molecule has 0 aliphatic heterocycles. The van der Waals surface area contributed by atoms with E-state index >= 15 is 0 Å². The largest absolute Gasteiger partial charge is 0.327 e. The fourth-order valence-corrected chi connectivity index (χ4v) is 1.56. The Hall–Kier alpha value is -1.29. The number of hydrogen-bond donors (Lipinski definition) is 1. The summed E-state index contributed by atoms with van der Waals surface area (Å²) in [4.78, 5) is 11.8. The number of Topliss-reactive ketones (excluding diaryl/α,β-unsaturated/α-hetero) is 1. The third-order valence-electron chi connectivity index (χ3n) is 2.88. The molecule has 2 N–H and O–H groups in total. The van der Waals surface area contributed by atoms with Gasteiger partial charge in [-0.25, -0.2) is 8.78 Å². The van der Waals surface area contributed by atoms with Crippen LogP contribution in [0.15, 0.2) is 18.2 Å². The van der Waals surface area contributed by atoms with Gasteiger partial charge in [0.1, 0.15) is 17.4 Å². The Balaban J connectivity index is 2.65. The summed E-state index contributed by atoms with van der Waals surface area (Å²) in [6, 6.07) is 2.87. The number of benzene rings is 1. The van der Waals surface area contributed by atoms with E-state index < -0.39 is 11.6 Å². The first-order valence-electron chi connectivity index (χ1n) is 5.91. The van der Waals surface area contributed by atoms with Crippen LogP contribution in [0, 0.1) is 17.0 Å². The van der Waals surface area contributed by atoms with Crippen LogP contribution in [0.3, 0.4) is 0 Å². The van der Waals surface area contributed by atoms with E-state index in [-0.39, 0.29) is 30.1 Å². The average molecular weight is 255 g/mol. The third-order valence-corrected chi connectivity index (χ3v) is 2.88. The minimum atomic E-state index is -0.669. The standard InChI is InChI=1S/C14H19F2NO/c1-14(2,3)13(17)8-12(18)6-9-4-10(15)7-11(16)5-9/h4-5,7,13H,6,8,17H2,1-3H3. The number of carbonyl (C=O) groups excluding carboxylic acids is 1. The predicted molar refractivity (Wildman–Crippen MR) is 67.1 cm³/mol. The number of rotatable bonds is 4. The smallest absolute Gasteiger partial charge is 0.138 e. The maximum Gasteiger partial charge on any atom is 0.138 e. The first-order valence-corrected chi connectivity index (χ1v) is 5.91. The SMILES string of the molecule is CC(C)(C)C(N)CC(=O)Cc1cc(F)cc(F)c1. The lowest BCUT2D eigenvalue weighted by molar-refractivity contribution is -0.119. The van der Waals surface area contributed by atoms with Gasteiger partial charge in [0.05, 0.1) is 0 Å². The fourth-order valence-electron chi connectivity index (χ4n) is 1.56. The molecule has 0 amide bonds. The Labute approximate surface area is 106 Å². The molecule has 0 aromatic heterocycles. The van der Waals surface area contributed by atoms with E-state index in [2.05, 4.69) is 0 Å². The molecule has 1 atom stereocenters. The van der Waals surface area contributed by atoms with Crippen LogP contribution in [-0.2, 0) is 11.2 Å². The second-order valence-corrected chi connectivity index (χ2v) is 5.67. The molecule has 0 spiro atoms. The number of hydrogen-bond acceptors (Lipinski definition) is 2. The van der Waals surface area contributed by atoms with E-state index in [4.69, 9.17) is 5.73 Å². The minimum absolute atomic E-state index is 0.0124. The van der Waals surface area contributed by atoms with Gasteiger partial charge in [0.25, 0.3) is 0 Å². The number of ketones is 1. The van der Waals surface area contributed by atoms with Gasteiger partial charge in [-0.3, -0.25) is 4.79 Å². The number of nitrogens with two attached hydrogens (primary N) is 1. The molecule has 18 heavy (non-hydrogen) atoms. The van der Waals surface area contributed by atoms with Gasteiger partial charge in [-0.2, -0.15) is 0 Å². The van der Waals surface area contributed by atoms with Gasteiger partial charge < -0.3 is 5.73 Å². The van der Waals surface area contributed by atoms with E-state index in [1.165, 1.54) is 12.1 Å². The second-order valence-electron chi connectivity index (χ2n) is 5.67. The summed E-state index contributed by atoms with van der Waals surface area (Å²) >= 11 is 0. The molecule has 0 saturated heterocycles. The van der Waals surface area contributed by atoms with Crippen molar-refractivity contribution in [2.45, 2.75) is 39.7 Å². The molecule has 0 bridgehead atoms. The molecule has 1 aromatic carbocycles. The Morgan fingerprint density at radius 3 is 2.17 bits per heavy atom. The van der Waals surface area contributed by atoms with Crippen molar-refractivity contribution in [2.24, 2.45) is 11.1 Å². The zero-order valence-corrected chi connectivity index (χ0v) is 11.0. The Kier molecular flexibility index (Phi) is 4.57. The van der Waals surface area contributed by atoms with Gasteiger partial charge in [-0.05, 0) is 23.1 Å². The number of carbonyl (C=O) groups is 1. The van der Waals surface area contributed by atoms with Crippen molar-refractivity contribution in [3.8, 4) is 0 Å². The summed E-state index contributed by atoms with van der Waals surface area (Å²) < 4.78 is 25.9. The minimum Gasteiger partial charge on any atom is -0.327 e. The Bertz CT molecular complexity index is 418. The molecule has 4 heteroatoms. The molecule has 0 radical (unpaired) electrons. The Morgan fingerprint density at radius 2 is 1.72 bits per heavy atom. The first kappa shape index (κ1) is 14.8. The molecule has 1 aromatic rings. The van der Waals surface area contributed by atoms with E-state index in [9.17, 15) is 13.6 Å². The highest BCUT2D eigenvalue weighted by Crippen LogP contribution is 2.20. The van der Waals surface area contributed by atoms with Crippen molar-refractivity contribution in [1.29, 1.82) is 0 Å². The molecule has 0 aliphatic carbocycles. The maximum absolute atomic E-state index is 13.0. The van der Waals surface area contributed by atoms with Crippen LogP contribution in [0.5, 0.6) is 0 Å². The quantitative estimate of drug-likeness (QED) is 0.899. The normalized spacial score (nSPS) is 13.4. The lowest BCUT2D eigenvalue weighted by Gasteiger charge is -2.26. The zero-order valence-electron chi connectivity index (χ0n) is 11.0. The van der Waals surface area contributed by atoms with Crippen LogP contribution < -0.4 is 5.73 Å². The number of halogens is 2. The summed E-state index contributed by atoms with van der Waals surface area (Å²) in [7, 11) is 0. The van der Waals surface area contributed by atoms with Gasteiger partial charge in [0, 0.05) is 24.9 Å². The molecule has 0 saturated carbocycles. The lowest BCUT2D eigenvalue weighted by Crippen LogP contribution is -2.37. The fraction of sp³-hybridized carbons (Fsp3) is 0.500. The second kappa shape index (κ2) is 5.57. The van der Waals surface area contributed by atoms with Crippen LogP contribution >= 0.6 is 0 Å². The van der Waals surface area contributed by atoms with Crippen LogP contribution in [0.4, 0.5) is 8.78 Å². The summed E-state index contributed by atoms with van der Waals surface area (Å²) in [5.74, 6) is -1.45. The summed E-state index contributed by atoms with van der Waals surface area (Å²) in [6.45, 7) is 5.85. The third kappa shape index (κ3) is 4.53. The highest BCUT2D eigenvalue weighted by molar-refractivity contribution is 5.81. The molecule has 100 valence electrons. The van der Waals surface area contributed by atoms with Gasteiger partial charge in [-0.1, -0.05) is 20.8 Å². The van der Waals surface area contributed by atoms with Gasteiger partial charge in [-0.15, -0.1) is 0 Å². The lowest BCUT2D eigenvalue weighted by atomic mass is 9.84. The van der Waals surface area contributed by atoms with Crippen LogP contribution in [0.1, 0.15) is 32.8 Å². The molecule has 0 aliphatic rings. The van der Waals surface area contributed by atoms with Crippen molar-refractivity contribution < 1.29 is 13.6 Å².